The molecule has 1 heterocycles. The van der Waals surface area contributed by atoms with Crippen molar-refractivity contribution in [2.75, 3.05) is 0 Å². The number of carbonyl (C=O) groups is 1. The molecule has 0 bridgehead atoms. The van der Waals surface area contributed by atoms with Gasteiger partial charge in [0.25, 0.3) is 0 Å². The SMILES string of the molecule is Cc1cc(CO)ccc1-c1ccc(Cl)c(-c2ccc(C(F)(F)F)cc2CN2C(=O)O[C@H](Cc3cc(C(F)(F)F)cc(C(F)(F)F)c3)[C@@H]2C)c1. The largest absolute Gasteiger partial charge is 0.444 e. The number of nitrogens with zero attached hydrogens (tertiary/aromatic N) is 1. The first-order chi connectivity index (χ1) is 22.8. The molecule has 4 aromatic carbocycles. The Morgan fingerprint density at radius 3 is 1.92 bits per heavy atom. The van der Waals surface area contributed by atoms with Gasteiger partial charge in [0.05, 0.1) is 35.9 Å². The molecule has 49 heavy (non-hydrogen) atoms. The summed E-state index contributed by atoms with van der Waals surface area (Å²) in [4.78, 5) is 14.1. The van der Waals surface area contributed by atoms with E-state index in [0.717, 1.165) is 28.2 Å². The van der Waals surface area contributed by atoms with Gasteiger partial charge < -0.3 is 9.84 Å². The Labute approximate surface area is 279 Å². The van der Waals surface area contributed by atoms with Crippen LogP contribution in [0.4, 0.5) is 44.3 Å². The van der Waals surface area contributed by atoms with Crippen LogP contribution < -0.4 is 0 Å². The molecule has 1 amide bonds. The number of aliphatic hydroxyl groups is 1. The molecule has 4 aromatic rings. The zero-order valence-electron chi connectivity index (χ0n) is 25.7. The van der Waals surface area contributed by atoms with Gasteiger partial charge in [0.1, 0.15) is 6.10 Å². The second-order valence-electron chi connectivity index (χ2n) is 11.8. The smallest absolute Gasteiger partial charge is 0.416 e. The third-order valence-electron chi connectivity index (χ3n) is 8.41. The van der Waals surface area contributed by atoms with Gasteiger partial charge in [-0.1, -0.05) is 41.9 Å². The number of rotatable bonds is 7. The maximum absolute atomic E-state index is 13.9. The van der Waals surface area contributed by atoms with E-state index in [9.17, 15) is 49.4 Å². The van der Waals surface area contributed by atoms with Crippen molar-refractivity contribution >= 4 is 17.7 Å². The molecule has 0 aromatic heterocycles. The summed E-state index contributed by atoms with van der Waals surface area (Å²) in [5.41, 5.74) is -0.925. The zero-order valence-corrected chi connectivity index (χ0v) is 26.5. The number of alkyl halides is 9. The molecule has 2 atom stereocenters. The van der Waals surface area contributed by atoms with Gasteiger partial charge in [-0.3, -0.25) is 4.90 Å². The number of aliphatic hydroxyl groups excluding tert-OH is 1. The maximum atomic E-state index is 13.9. The normalized spacial score (nSPS) is 17.1. The number of amides is 1. The minimum atomic E-state index is -5.08. The van der Waals surface area contributed by atoms with Gasteiger partial charge in [-0.15, -0.1) is 0 Å². The van der Waals surface area contributed by atoms with Crippen LogP contribution in [-0.2, 0) is 42.8 Å². The molecular weight excluding hydrogens is 689 g/mol. The number of hydrogen-bond acceptors (Lipinski definition) is 3. The summed E-state index contributed by atoms with van der Waals surface area (Å²) in [5, 5.41) is 9.66. The minimum Gasteiger partial charge on any atom is -0.444 e. The lowest BCUT2D eigenvalue weighted by atomic mass is 9.92. The zero-order chi connectivity index (χ0) is 36.1. The second-order valence-corrected chi connectivity index (χ2v) is 12.2. The number of ether oxygens (including phenoxy) is 1. The topological polar surface area (TPSA) is 49.8 Å². The third-order valence-corrected chi connectivity index (χ3v) is 8.74. The lowest BCUT2D eigenvalue weighted by Gasteiger charge is -2.24. The van der Waals surface area contributed by atoms with Crippen LogP contribution in [0.2, 0.25) is 5.02 Å². The molecule has 260 valence electrons. The first kappa shape index (κ1) is 36.1. The standard InChI is InChI=1S/C35H27ClF9NO3/c1-18-9-20(17-47)3-6-27(18)22-4-8-30(36)29(14-22)28-7-5-24(33(37,38)39)13-23(28)16-46-19(2)31(49-32(46)48)12-21-10-25(34(40,41)42)15-26(11-21)35(43,44)45/h3-11,13-15,19,31,47H,12,16-17H2,1-2H3/t19-,31+/m0/s1. The van der Waals surface area contributed by atoms with Gasteiger partial charge in [0.15, 0.2) is 0 Å². The molecule has 0 aliphatic carbocycles. The van der Waals surface area contributed by atoms with Crippen LogP contribution in [0.1, 0.15) is 45.9 Å². The lowest BCUT2D eigenvalue weighted by Crippen LogP contribution is -2.34. The quantitative estimate of drug-likeness (QED) is 0.194. The number of cyclic esters (lactones) is 1. The van der Waals surface area contributed by atoms with Gasteiger partial charge in [0.2, 0.25) is 0 Å². The molecule has 1 N–H and O–H groups in total. The van der Waals surface area contributed by atoms with E-state index < -0.39 is 66.4 Å². The van der Waals surface area contributed by atoms with E-state index in [-0.39, 0.29) is 34.4 Å². The second kappa shape index (κ2) is 13.2. The van der Waals surface area contributed by atoms with E-state index in [4.69, 9.17) is 16.3 Å². The van der Waals surface area contributed by atoms with Crippen molar-refractivity contribution in [3.8, 4) is 22.3 Å². The molecule has 4 nitrogen and oxygen atoms in total. The van der Waals surface area contributed by atoms with Gasteiger partial charge >= 0.3 is 24.6 Å². The van der Waals surface area contributed by atoms with Crippen LogP contribution in [0.3, 0.4) is 0 Å². The molecule has 0 radical (unpaired) electrons. The van der Waals surface area contributed by atoms with Crippen molar-refractivity contribution in [2.24, 2.45) is 0 Å². The van der Waals surface area contributed by atoms with Crippen LogP contribution in [0.5, 0.6) is 0 Å². The highest BCUT2D eigenvalue weighted by Crippen LogP contribution is 2.41. The van der Waals surface area contributed by atoms with E-state index in [2.05, 4.69) is 0 Å². The van der Waals surface area contributed by atoms with Crippen LogP contribution in [0.25, 0.3) is 22.3 Å². The van der Waals surface area contributed by atoms with Crippen molar-refractivity contribution in [1.29, 1.82) is 0 Å². The number of hydrogen-bond donors (Lipinski definition) is 1. The van der Waals surface area contributed by atoms with Crippen molar-refractivity contribution in [2.45, 2.75) is 64.1 Å². The van der Waals surface area contributed by atoms with E-state index in [0.29, 0.717) is 28.8 Å². The highest BCUT2D eigenvalue weighted by Gasteiger charge is 2.41. The molecule has 0 saturated carbocycles. The van der Waals surface area contributed by atoms with Crippen LogP contribution in [0, 0.1) is 6.92 Å². The van der Waals surface area contributed by atoms with Crippen LogP contribution in [0.15, 0.2) is 72.8 Å². The maximum Gasteiger partial charge on any atom is 0.416 e. The summed E-state index contributed by atoms with van der Waals surface area (Å²) >= 11 is 6.56. The van der Waals surface area contributed by atoms with Gasteiger partial charge in [0, 0.05) is 17.0 Å². The summed E-state index contributed by atoms with van der Waals surface area (Å²) < 4.78 is 128. The average molecular weight is 716 g/mol. The summed E-state index contributed by atoms with van der Waals surface area (Å²) in [7, 11) is 0. The Morgan fingerprint density at radius 1 is 0.735 bits per heavy atom. The lowest BCUT2D eigenvalue weighted by molar-refractivity contribution is -0.143. The van der Waals surface area contributed by atoms with Crippen LogP contribution >= 0.6 is 11.6 Å². The Morgan fingerprint density at radius 2 is 1.35 bits per heavy atom. The summed E-state index contributed by atoms with van der Waals surface area (Å²) in [6.45, 7) is 2.64. The predicted octanol–water partition coefficient (Wildman–Crippen LogP) is 10.5. The Hall–Kier alpha value is -4.23. The minimum absolute atomic E-state index is 0.0133. The highest BCUT2D eigenvalue weighted by atomic mass is 35.5. The fourth-order valence-electron chi connectivity index (χ4n) is 5.85. The number of halogens is 10. The van der Waals surface area contributed by atoms with Gasteiger partial charge in [-0.2, -0.15) is 39.5 Å². The monoisotopic (exact) mass is 715 g/mol. The molecule has 1 saturated heterocycles. The molecule has 1 aliphatic rings. The summed E-state index contributed by atoms with van der Waals surface area (Å²) in [5.74, 6) is 0. The van der Waals surface area contributed by atoms with Crippen molar-refractivity contribution < 1.29 is 54.2 Å². The molecule has 1 fully saturated rings. The molecule has 1 aliphatic heterocycles. The van der Waals surface area contributed by atoms with Crippen molar-refractivity contribution in [1.82, 2.24) is 4.90 Å². The fourth-order valence-corrected chi connectivity index (χ4v) is 6.07. The Balaban J connectivity index is 1.51. The van der Waals surface area contributed by atoms with Crippen molar-refractivity contribution in [3.63, 3.8) is 0 Å². The van der Waals surface area contributed by atoms with E-state index >= 15 is 0 Å². The molecular formula is C35H27ClF9NO3. The predicted molar refractivity (Wildman–Crippen MR) is 163 cm³/mol. The van der Waals surface area contributed by atoms with Gasteiger partial charge in [-0.25, -0.2) is 4.79 Å². The number of benzene rings is 4. The van der Waals surface area contributed by atoms with E-state index in [1.54, 1.807) is 36.4 Å². The van der Waals surface area contributed by atoms with Gasteiger partial charge in [-0.05, 0) is 95.3 Å². The van der Waals surface area contributed by atoms with Crippen LogP contribution in [-0.4, -0.2) is 28.2 Å². The first-order valence-corrected chi connectivity index (χ1v) is 15.1. The fraction of sp³-hybridized carbons (Fsp3) is 0.286. The van der Waals surface area contributed by atoms with E-state index in [1.165, 1.54) is 13.0 Å². The molecule has 0 unspecified atom stereocenters. The molecule has 0 spiro atoms. The van der Waals surface area contributed by atoms with E-state index in [1.807, 2.05) is 6.92 Å². The molecule has 14 heteroatoms. The highest BCUT2D eigenvalue weighted by molar-refractivity contribution is 6.33. The Bertz CT molecular complexity index is 1850. The summed E-state index contributed by atoms with van der Waals surface area (Å²) in [6, 6.07) is 13.3. The average Bonchev–Trinajstić information content (AvgIpc) is 3.27. The number of carbonyl (C=O) groups excluding carboxylic acids is 1. The van der Waals surface area contributed by atoms with Crippen molar-refractivity contribution in [3.05, 3.63) is 117 Å². The number of aryl methyl sites for hydroxylation is 1. The summed E-state index contributed by atoms with van der Waals surface area (Å²) in [6.07, 6.45) is -17.7. The Kier molecular flexibility index (Phi) is 9.74. The third kappa shape index (κ3) is 7.83. The molecule has 5 rings (SSSR count). The first-order valence-electron chi connectivity index (χ1n) is 14.7.